The number of carbonyl (C=O) groups is 2. The molecule has 1 aliphatic rings. The van der Waals surface area contributed by atoms with E-state index < -0.39 is 23.8 Å². The van der Waals surface area contributed by atoms with E-state index >= 15 is 0 Å². The van der Waals surface area contributed by atoms with E-state index in [4.69, 9.17) is 10.5 Å². The molecule has 0 aromatic rings. The smallest absolute Gasteiger partial charge is 0.407 e. The monoisotopic (exact) mass is 329 g/mol. The van der Waals surface area contributed by atoms with E-state index in [1.54, 1.807) is 20.8 Å². The summed E-state index contributed by atoms with van der Waals surface area (Å²) in [6.45, 7) is 10.2. The summed E-state index contributed by atoms with van der Waals surface area (Å²) in [5.41, 5.74) is 4.82. The molecule has 134 valence electrons. The number of urea groups is 1. The fraction of sp³-hybridized carbons (Fsp3) is 0.875. The van der Waals surface area contributed by atoms with Gasteiger partial charge in [0.25, 0.3) is 0 Å². The molecule has 3 atom stereocenters. The van der Waals surface area contributed by atoms with E-state index in [-0.39, 0.29) is 17.9 Å². The van der Waals surface area contributed by atoms with Gasteiger partial charge in [-0.3, -0.25) is 0 Å². The van der Waals surface area contributed by atoms with E-state index in [0.29, 0.717) is 25.9 Å². The summed E-state index contributed by atoms with van der Waals surface area (Å²) in [6.07, 6.45) is 0.327. The predicted molar refractivity (Wildman–Crippen MR) is 87.9 cm³/mol. The first-order chi connectivity index (χ1) is 10.5. The number of aliphatic hydroxyl groups is 1. The quantitative estimate of drug-likeness (QED) is 0.730. The molecular formula is C16H31N3O4. The fourth-order valence-electron chi connectivity index (χ4n) is 2.75. The van der Waals surface area contributed by atoms with Gasteiger partial charge in [0.15, 0.2) is 0 Å². The van der Waals surface area contributed by atoms with Crippen LogP contribution in [0.4, 0.5) is 9.59 Å². The molecule has 0 bridgehead atoms. The van der Waals surface area contributed by atoms with Crippen molar-refractivity contribution < 1.29 is 19.4 Å². The molecule has 1 saturated heterocycles. The first kappa shape index (κ1) is 19.5. The Morgan fingerprint density at radius 3 is 2.43 bits per heavy atom. The number of alkyl carbamates (subject to hydrolysis) is 1. The van der Waals surface area contributed by atoms with Crippen LogP contribution in [-0.2, 0) is 4.74 Å². The molecule has 0 saturated carbocycles. The summed E-state index contributed by atoms with van der Waals surface area (Å²) >= 11 is 0. The Balaban J connectivity index is 2.67. The van der Waals surface area contributed by atoms with Gasteiger partial charge in [-0.1, -0.05) is 13.8 Å². The molecule has 3 unspecified atom stereocenters. The van der Waals surface area contributed by atoms with Gasteiger partial charge in [-0.2, -0.15) is 0 Å². The lowest BCUT2D eigenvalue weighted by molar-refractivity contribution is 0.0421. The highest BCUT2D eigenvalue weighted by molar-refractivity contribution is 5.72. The fourth-order valence-corrected chi connectivity index (χ4v) is 2.75. The van der Waals surface area contributed by atoms with Crippen LogP contribution in [-0.4, -0.2) is 53.0 Å². The summed E-state index contributed by atoms with van der Waals surface area (Å²) in [5, 5.41) is 12.9. The van der Waals surface area contributed by atoms with Gasteiger partial charge in [0.1, 0.15) is 5.60 Å². The third-order valence-electron chi connectivity index (χ3n) is 3.91. The molecule has 0 spiro atoms. The van der Waals surface area contributed by atoms with Gasteiger partial charge in [0.2, 0.25) is 0 Å². The number of amides is 3. The average molecular weight is 329 g/mol. The lowest BCUT2D eigenvalue weighted by atomic mass is 9.87. The minimum absolute atomic E-state index is 0.0913. The number of primary amides is 1. The third kappa shape index (κ3) is 7.07. The maximum absolute atomic E-state index is 11.9. The average Bonchev–Trinajstić information content (AvgIpc) is 2.35. The Morgan fingerprint density at radius 1 is 1.35 bits per heavy atom. The zero-order valence-electron chi connectivity index (χ0n) is 14.8. The zero-order valence-corrected chi connectivity index (χ0v) is 14.8. The van der Waals surface area contributed by atoms with Crippen LogP contribution in [0.2, 0.25) is 0 Å². The first-order valence-electron chi connectivity index (χ1n) is 8.20. The van der Waals surface area contributed by atoms with Crippen molar-refractivity contribution in [1.82, 2.24) is 10.2 Å². The Kier molecular flexibility index (Phi) is 6.68. The number of aliphatic hydroxyl groups excluding tert-OH is 1. The molecule has 0 aliphatic carbocycles. The third-order valence-corrected chi connectivity index (χ3v) is 3.91. The van der Waals surface area contributed by atoms with Crippen molar-refractivity contribution in [2.45, 2.75) is 65.2 Å². The first-order valence-corrected chi connectivity index (χ1v) is 8.20. The standard InChI is InChI=1S/C16H31N3O4/c1-10(2)13(20)7-11-6-12(9-19(8-11)14(17)21)18-15(22)23-16(3,4)5/h10-13,20H,6-9H2,1-5H3,(H2,17,21)(H,18,22). The number of carbonyl (C=O) groups excluding carboxylic acids is 2. The summed E-state index contributed by atoms with van der Waals surface area (Å²) in [6, 6.07) is -0.736. The number of rotatable bonds is 4. The van der Waals surface area contributed by atoms with Crippen LogP contribution < -0.4 is 11.1 Å². The van der Waals surface area contributed by atoms with Gasteiger partial charge in [-0.05, 0) is 45.4 Å². The van der Waals surface area contributed by atoms with Gasteiger partial charge in [-0.15, -0.1) is 0 Å². The topological polar surface area (TPSA) is 105 Å². The second kappa shape index (κ2) is 7.86. The van der Waals surface area contributed by atoms with E-state index in [9.17, 15) is 14.7 Å². The summed E-state index contributed by atoms with van der Waals surface area (Å²) < 4.78 is 5.26. The van der Waals surface area contributed by atoms with Crippen LogP contribution in [0.15, 0.2) is 0 Å². The number of nitrogens with one attached hydrogen (secondary N) is 1. The van der Waals surface area contributed by atoms with Crippen molar-refractivity contribution in [2.75, 3.05) is 13.1 Å². The van der Waals surface area contributed by atoms with Gasteiger partial charge in [0.05, 0.1) is 12.1 Å². The van der Waals surface area contributed by atoms with Crippen LogP contribution in [0.3, 0.4) is 0 Å². The van der Waals surface area contributed by atoms with Crippen molar-refractivity contribution in [3.63, 3.8) is 0 Å². The van der Waals surface area contributed by atoms with Gasteiger partial charge < -0.3 is 25.8 Å². The molecule has 1 rings (SSSR count). The van der Waals surface area contributed by atoms with E-state index in [0.717, 1.165) is 0 Å². The normalized spacial score (nSPS) is 23.5. The second-order valence-corrected chi connectivity index (χ2v) is 7.74. The molecule has 7 heteroatoms. The maximum atomic E-state index is 11.9. The van der Waals surface area contributed by atoms with Gasteiger partial charge in [-0.25, -0.2) is 9.59 Å². The molecular weight excluding hydrogens is 298 g/mol. The van der Waals surface area contributed by atoms with E-state index in [1.165, 1.54) is 4.90 Å². The van der Waals surface area contributed by atoms with Crippen molar-refractivity contribution in [3.05, 3.63) is 0 Å². The van der Waals surface area contributed by atoms with E-state index in [2.05, 4.69) is 5.32 Å². The van der Waals surface area contributed by atoms with Crippen molar-refractivity contribution in [2.24, 2.45) is 17.6 Å². The molecule has 0 aromatic heterocycles. The SMILES string of the molecule is CC(C)C(O)CC1CC(NC(=O)OC(C)(C)C)CN(C(N)=O)C1. The number of hydrogen-bond acceptors (Lipinski definition) is 4. The highest BCUT2D eigenvalue weighted by atomic mass is 16.6. The molecule has 23 heavy (non-hydrogen) atoms. The minimum Gasteiger partial charge on any atom is -0.444 e. The lowest BCUT2D eigenvalue weighted by Gasteiger charge is -2.38. The lowest BCUT2D eigenvalue weighted by Crippen LogP contribution is -2.54. The van der Waals surface area contributed by atoms with Crippen molar-refractivity contribution in [3.8, 4) is 0 Å². The number of likely N-dealkylation sites (tertiary alicyclic amines) is 1. The second-order valence-electron chi connectivity index (χ2n) is 7.74. The molecule has 3 amide bonds. The number of nitrogens with two attached hydrogens (primary N) is 1. The Labute approximate surface area is 138 Å². The molecule has 0 aromatic carbocycles. The van der Waals surface area contributed by atoms with Crippen LogP contribution in [0.5, 0.6) is 0 Å². The Hall–Kier alpha value is -1.50. The summed E-state index contributed by atoms with van der Waals surface area (Å²) in [7, 11) is 0. The van der Waals surface area contributed by atoms with Crippen molar-refractivity contribution in [1.29, 1.82) is 0 Å². The molecule has 0 radical (unpaired) electrons. The number of piperidine rings is 1. The minimum atomic E-state index is -0.574. The molecule has 7 nitrogen and oxygen atoms in total. The summed E-state index contributed by atoms with van der Waals surface area (Å²) in [5.74, 6) is 0.241. The van der Waals surface area contributed by atoms with Gasteiger partial charge >= 0.3 is 12.1 Å². The van der Waals surface area contributed by atoms with Crippen LogP contribution in [0.1, 0.15) is 47.5 Å². The number of hydrogen-bond donors (Lipinski definition) is 3. The molecule has 1 heterocycles. The van der Waals surface area contributed by atoms with Crippen molar-refractivity contribution >= 4 is 12.1 Å². The zero-order chi connectivity index (χ0) is 17.8. The van der Waals surface area contributed by atoms with Crippen LogP contribution in [0.25, 0.3) is 0 Å². The molecule has 1 aliphatic heterocycles. The Morgan fingerprint density at radius 2 is 1.96 bits per heavy atom. The van der Waals surface area contributed by atoms with Gasteiger partial charge in [0, 0.05) is 13.1 Å². The Bertz CT molecular complexity index is 420. The van der Waals surface area contributed by atoms with Crippen LogP contribution in [0, 0.1) is 11.8 Å². The predicted octanol–water partition coefficient (Wildman–Crippen LogP) is 1.69. The maximum Gasteiger partial charge on any atom is 0.407 e. The molecule has 1 fully saturated rings. The summed E-state index contributed by atoms with van der Waals surface area (Å²) in [4.78, 5) is 25.0. The number of nitrogens with zero attached hydrogens (tertiary/aromatic N) is 1. The highest BCUT2D eigenvalue weighted by Crippen LogP contribution is 2.24. The molecule has 4 N–H and O–H groups in total. The van der Waals surface area contributed by atoms with E-state index in [1.807, 2.05) is 13.8 Å². The van der Waals surface area contributed by atoms with Crippen LogP contribution >= 0.6 is 0 Å². The largest absolute Gasteiger partial charge is 0.444 e. The highest BCUT2D eigenvalue weighted by Gasteiger charge is 2.32. The number of ether oxygens (including phenoxy) is 1.